The largest absolute Gasteiger partial charge is 0.494 e. The monoisotopic (exact) mass is 368 g/mol. The number of anilines is 1. The smallest absolute Gasteiger partial charge is 0.232 e. The quantitative estimate of drug-likeness (QED) is 0.765. The van der Waals surface area contributed by atoms with Crippen LogP contribution in [0.5, 0.6) is 5.75 Å². The molecule has 25 heavy (non-hydrogen) atoms. The number of nitrogens with zero attached hydrogens (tertiary/aromatic N) is 1. The maximum atomic E-state index is 12.2. The van der Waals surface area contributed by atoms with Gasteiger partial charge in [0, 0.05) is 12.5 Å². The van der Waals surface area contributed by atoms with E-state index >= 15 is 0 Å². The molecule has 1 aliphatic carbocycles. The number of amides is 1. The zero-order valence-electron chi connectivity index (χ0n) is 15.0. The van der Waals surface area contributed by atoms with Crippen LogP contribution >= 0.6 is 0 Å². The Balaban J connectivity index is 1.95. The Morgan fingerprint density at radius 2 is 1.84 bits per heavy atom. The first-order chi connectivity index (χ1) is 11.9. The van der Waals surface area contributed by atoms with Gasteiger partial charge in [0.25, 0.3) is 0 Å². The molecule has 140 valence electrons. The third kappa shape index (κ3) is 5.92. The van der Waals surface area contributed by atoms with Crippen LogP contribution in [-0.4, -0.2) is 40.3 Å². The van der Waals surface area contributed by atoms with Gasteiger partial charge >= 0.3 is 0 Å². The summed E-state index contributed by atoms with van der Waals surface area (Å²) < 4.78 is 30.9. The Labute approximate surface area is 150 Å². The summed E-state index contributed by atoms with van der Waals surface area (Å²) in [5.41, 5.74) is 0.567. The second-order valence-corrected chi connectivity index (χ2v) is 8.29. The third-order valence-electron chi connectivity index (χ3n) is 4.43. The highest BCUT2D eigenvalue weighted by Crippen LogP contribution is 2.24. The van der Waals surface area contributed by atoms with Gasteiger partial charge < -0.3 is 10.1 Å². The van der Waals surface area contributed by atoms with Gasteiger partial charge in [-0.1, -0.05) is 19.3 Å². The van der Waals surface area contributed by atoms with Crippen LogP contribution in [-0.2, 0) is 14.8 Å². The van der Waals surface area contributed by atoms with Gasteiger partial charge in [0.2, 0.25) is 15.9 Å². The molecule has 0 heterocycles. The highest BCUT2D eigenvalue weighted by Gasteiger charge is 2.22. The Morgan fingerprint density at radius 3 is 2.40 bits per heavy atom. The Bertz CT molecular complexity index is 652. The predicted octanol–water partition coefficient (Wildman–Crippen LogP) is 2.55. The Morgan fingerprint density at radius 1 is 1.20 bits per heavy atom. The fourth-order valence-corrected chi connectivity index (χ4v) is 4.08. The van der Waals surface area contributed by atoms with Gasteiger partial charge in [-0.15, -0.1) is 0 Å². The lowest BCUT2D eigenvalue weighted by Gasteiger charge is -2.24. The van der Waals surface area contributed by atoms with Crippen LogP contribution in [0.1, 0.15) is 39.0 Å². The molecular formula is C18H28N2O4S. The summed E-state index contributed by atoms with van der Waals surface area (Å²) in [5, 5.41) is 2.89. The molecule has 0 aromatic heterocycles. The summed E-state index contributed by atoms with van der Waals surface area (Å²) in [7, 11) is -3.42. The molecule has 1 aromatic rings. The summed E-state index contributed by atoms with van der Waals surface area (Å²) in [5.74, 6) is 0.816. The second-order valence-electron chi connectivity index (χ2n) is 6.39. The molecule has 1 amide bonds. The lowest BCUT2D eigenvalue weighted by atomic mass is 9.89. The molecule has 0 atom stereocenters. The minimum absolute atomic E-state index is 0.0415. The molecule has 1 aromatic carbocycles. The van der Waals surface area contributed by atoms with E-state index in [1.165, 1.54) is 17.0 Å². The predicted molar refractivity (Wildman–Crippen MR) is 99.4 cm³/mol. The highest BCUT2D eigenvalue weighted by atomic mass is 32.2. The molecule has 1 fully saturated rings. The SMILES string of the molecule is CCOc1ccc(N(CCNC(=O)C2CCCCC2)S(C)(=O)=O)cc1. The molecule has 1 aliphatic rings. The third-order valence-corrected chi connectivity index (χ3v) is 5.62. The highest BCUT2D eigenvalue weighted by molar-refractivity contribution is 7.92. The normalized spacial score (nSPS) is 15.6. The molecule has 1 N–H and O–H groups in total. The van der Waals surface area contributed by atoms with Crippen molar-refractivity contribution in [2.24, 2.45) is 5.92 Å². The number of rotatable bonds is 8. The van der Waals surface area contributed by atoms with Crippen molar-refractivity contribution in [1.82, 2.24) is 5.32 Å². The van der Waals surface area contributed by atoms with E-state index < -0.39 is 10.0 Å². The van der Waals surface area contributed by atoms with Crippen LogP contribution in [0, 0.1) is 5.92 Å². The van der Waals surface area contributed by atoms with Gasteiger partial charge in [0.1, 0.15) is 5.75 Å². The van der Waals surface area contributed by atoms with Crippen molar-refractivity contribution >= 4 is 21.6 Å². The number of carbonyl (C=O) groups excluding carboxylic acids is 1. The number of carbonyl (C=O) groups is 1. The zero-order chi connectivity index (χ0) is 18.3. The number of hydrogen-bond donors (Lipinski definition) is 1. The van der Waals surface area contributed by atoms with Gasteiger partial charge in [-0.2, -0.15) is 0 Å². The minimum Gasteiger partial charge on any atom is -0.494 e. The molecule has 6 nitrogen and oxygen atoms in total. The minimum atomic E-state index is -3.42. The molecule has 0 unspecified atom stereocenters. The van der Waals surface area contributed by atoms with Crippen molar-refractivity contribution in [3.05, 3.63) is 24.3 Å². The average Bonchev–Trinajstić information content (AvgIpc) is 2.59. The van der Waals surface area contributed by atoms with E-state index in [0.717, 1.165) is 25.7 Å². The summed E-state index contributed by atoms with van der Waals surface area (Å²) in [6, 6.07) is 6.93. The van der Waals surface area contributed by atoms with Gasteiger partial charge in [-0.25, -0.2) is 8.42 Å². The number of ether oxygens (including phenoxy) is 1. The van der Waals surface area contributed by atoms with Crippen molar-refractivity contribution < 1.29 is 17.9 Å². The Hall–Kier alpha value is -1.76. The van der Waals surface area contributed by atoms with E-state index in [1.807, 2.05) is 6.92 Å². The van der Waals surface area contributed by atoms with Crippen molar-refractivity contribution in [3.63, 3.8) is 0 Å². The maximum absolute atomic E-state index is 12.2. The summed E-state index contributed by atoms with van der Waals surface area (Å²) >= 11 is 0. The number of sulfonamides is 1. The number of hydrogen-bond acceptors (Lipinski definition) is 4. The molecule has 2 rings (SSSR count). The van der Waals surface area contributed by atoms with Crippen LogP contribution in [0.2, 0.25) is 0 Å². The van der Waals surface area contributed by atoms with Gasteiger partial charge in [0.05, 0.1) is 25.1 Å². The van der Waals surface area contributed by atoms with Crippen LogP contribution < -0.4 is 14.4 Å². The van der Waals surface area contributed by atoms with Gasteiger partial charge in [0.15, 0.2) is 0 Å². The van der Waals surface area contributed by atoms with E-state index in [-0.39, 0.29) is 18.4 Å². The molecule has 0 spiro atoms. The van der Waals surface area contributed by atoms with E-state index in [4.69, 9.17) is 4.74 Å². The molecule has 0 aliphatic heterocycles. The standard InChI is InChI=1S/C18H28N2O4S/c1-3-24-17-11-9-16(10-12-17)20(25(2,22)23)14-13-19-18(21)15-7-5-4-6-8-15/h9-12,15H,3-8,13-14H2,1-2H3,(H,19,21). The summed E-state index contributed by atoms with van der Waals surface area (Å²) in [6.07, 6.45) is 6.43. The van der Waals surface area contributed by atoms with E-state index in [9.17, 15) is 13.2 Å². The van der Waals surface area contributed by atoms with Crippen molar-refractivity contribution in [2.45, 2.75) is 39.0 Å². The molecule has 7 heteroatoms. The molecule has 1 saturated carbocycles. The van der Waals surface area contributed by atoms with Gasteiger partial charge in [-0.05, 0) is 44.0 Å². The van der Waals surface area contributed by atoms with Crippen LogP contribution in [0.25, 0.3) is 0 Å². The molecule has 0 saturated heterocycles. The van der Waals surface area contributed by atoms with Crippen molar-refractivity contribution in [1.29, 1.82) is 0 Å². The fourth-order valence-electron chi connectivity index (χ4n) is 3.15. The number of benzene rings is 1. The lowest BCUT2D eigenvalue weighted by molar-refractivity contribution is -0.125. The van der Waals surface area contributed by atoms with Crippen molar-refractivity contribution in [2.75, 3.05) is 30.3 Å². The first-order valence-electron chi connectivity index (χ1n) is 8.90. The van der Waals surface area contributed by atoms with E-state index in [1.54, 1.807) is 24.3 Å². The first kappa shape index (κ1) is 19.6. The first-order valence-corrected chi connectivity index (χ1v) is 10.7. The van der Waals surface area contributed by atoms with E-state index in [2.05, 4.69) is 5.32 Å². The van der Waals surface area contributed by atoms with Crippen molar-refractivity contribution in [3.8, 4) is 5.75 Å². The maximum Gasteiger partial charge on any atom is 0.232 e. The zero-order valence-corrected chi connectivity index (χ0v) is 15.8. The topological polar surface area (TPSA) is 75.7 Å². The molecular weight excluding hydrogens is 340 g/mol. The van der Waals surface area contributed by atoms with Crippen LogP contribution in [0.15, 0.2) is 24.3 Å². The lowest BCUT2D eigenvalue weighted by Crippen LogP contribution is -2.40. The van der Waals surface area contributed by atoms with E-state index in [0.29, 0.717) is 24.6 Å². The average molecular weight is 368 g/mol. The molecule has 0 bridgehead atoms. The van der Waals surface area contributed by atoms with Crippen LogP contribution in [0.3, 0.4) is 0 Å². The van der Waals surface area contributed by atoms with Gasteiger partial charge in [-0.3, -0.25) is 9.10 Å². The summed E-state index contributed by atoms with van der Waals surface area (Å²) in [6.45, 7) is 2.97. The fraction of sp³-hybridized carbons (Fsp3) is 0.611. The summed E-state index contributed by atoms with van der Waals surface area (Å²) in [4.78, 5) is 12.2. The number of nitrogens with one attached hydrogen (secondary N) is 1. The Kier molecular flexibility index (Phi) is 7.11. The van der Waals surface area contributed by atoms with Crippen LogP contribution in [0.4, 0.5) is 5.69 Å². The molecule has 0 radical (unpaired) electrons. The second kappa shape index (κ2) is 9.08.